The lowest BCUT2D eigenvalue weighted by molar-refractivity contribution is 0.0696. The number of hydrogen-bond donors (Lipinski definition) is 2. The first kappa shape index (κ1) is 18.0. The summed E-state index contributed by atoms with van der Waals surface area (Å²) in [4.78, 5) is 11.1. The van der Waals surface area contributed by atoms with Crippen molar-refractivity contribution >= 4 is 21.7 Å². The van der Waals surface area contributed by atoms with Gasteiger partial charge in [0.25, 0.3) is 10.0 Å². The maximum absolute atomic E-state index is 12.4. The Kier molecular flexibility index (Phi) is 5.62. The lowest BCUT2D eigenvalue weighted by Gasteiger charge is -2.10. The number of unbranched alkanes of at least 4 members (excludes halogenated alkanes) is 1. The van der Waals surface area contributed by atoms with E-state index in [1.54, 1.807) is 19.1 Å². The maximum atomic E-state index is 12.4. The van der Waals surface area contributed by atoms with Crippen molar-refractivity contribution in [2.24, 2.45) is 0 Å². The number of carboxylic acid groups (broad SMARTS) is 1. The maximum Gasteiger partial charge on any atom is 0.335 e. The molecule has 0 saturated heterocycles. The highest BCUT2D eigenvalue weighted by atomic mass is 32.2. The van der Waals surface area contributed by atoms with Gasteiger partial charge in [-0.2, -0.15) is 0 Å². The van der Waals surface area contributed by atoms with Crippen molar-refractivity contribution in [3.8, 4) is 0 Å². The van der Waals surface area contributed by atoms with Crippen molar-refractivity contribution < 1.29 is 18.3 Å². The summed E-state index contributed by atoms with van der Waals surface area (Å²) in [7, 11) is -3.83. The van der Waals surface area contributed by atoms with Crippen LogP contribution >= 0.6 is 0 Å². The second-order valence-corrected chi connectivity index (χ2v) is 7.37. The molecule has 0 saturated carbocycles. The molecule has 2 aromatic rings. The summed E-state index contributed by atoms with van der Waals surface area (Å²) in [5.41, 5.74) is 2.10. The van der Waals surface area contributed by atoms with Gasteiger partial charge >= 0.3 is 5.97 Å². The summed E-state index contributed by atoms with van der Waals surface area (Å²) in [6.07, 6.45) is 3.16. The second kappa shape index (κ2) is 7.49. The van der Waals surface area contributed by atoms with E-state index in [1.807, 2.05) is 12.1 Å². The largest absolute Gasteiger partial charge is 0.478 e. The number of anilines is 1. The quantitative estimate of drug-likeness (QED) is 0.797. The van der Waals surface area contributed by atoms with E-state index in [0.29, 0.717) is 11.3 Å². The number of aromatic carboxylic acids is 1. The van der Waals surface area contributed by atoms with E-state index in [9.17, 15) is 13.2 Å². The number of sulfonamides is 1. The minimum Gasteiger partial charge on any atom is -0.478 e. The van der Waals surface area contributed by atoms with Crippen LogP contribution in [-0.2, 0) is 16.4 Å². The van der Waals surface area contributed by atoms with Crippen molar-refractivity contribution in [3.63, 3.8) is 0 Å². The molecule has 0 radical (unpaired) electrons. The lowest BCUT2D eigenvalue weighted by atomic mass is 10.1. The van der Waals surface area contributed by atoms with E-state index in [1.165, 1.54) is 18.2 Å². The highest BCUT2D eigenvalue weighted by Crippen LogP contribution is 2.20. The van der Waals surface area contributed by atoms with Crippen molar-refractivity contribution in [2.45, 2.75) is 38.0 Å². The molecule has 0 atom stereocenters. The molecular formula is C18H21NO4S. The molecule has 0 unspecified atom stereocenters. The molecule has 2 rings (SSSR count). The van der Waals surface area contributed by atoms with E-state index in [2.05, 4.69) is 11.6 Å². The summed E-state index contributed by atoms with van der Waals surface area (Å²) in [5, 5.41) is 9.13. The zero-order chi connectivity index (χ0) is 17.7. The van der Waals surface area contributed by atoms with Gasteiger partial charge in [0.1, 0.15) is 0 Å². The Bertz CT molecular complexity index is 827. The first-order valence-corrected chi connectivity index (χ1v) is 9.27. The Hall–Kier alpha value is -2.34. The molecular weight excluding hydrogens is 326 g/mol. The monoisotopic (exact) mass is 347 g/mol. The van der Waals surface area contributed by atoms with Gasteiger partial charge in [-0.3, -0.25) is 4.72 Å². The number of carboxylic acids is 1. The number of carbonyl (C=O) groups is 1. The van der Waals surface area contributed by atoms with Gasteiger partial charge < -0.3 is 5.11 Å². The van der Waals surface area contributed by atoms with E-state index >= 15 is 0 Å². The van der Waals surface area contributed by atoms with Gasteiger partial charge in [0.15, 0.2) is 0 Å². The third-order valence-electron chi connectivity index (χ3n) is 3.77. The minimum atomic E-state index is -3.83. The molecule has 0 aromatic heterocycles. The van der Waals surface area contributed by atoms with Crippen LogP contribution in [0.15, 0.2) is 47.4 Å². The molecule has 0 fully saturated rings. The zero-order valence-electron chi connectivity index (χ0n) is 13.7. The van der Waals surface area contributed by atoms with E-state index in [4.69, 9.17) is 5.11 Å². The molecule has 0 heterocycles. The number of benzene rings is 2. The Morgan fingerprint density at radius 2 is 1.79 bits per heavy atom. The number of rotatable bonds is 7. The van der Waals surface area contributed by atoms with Crippen LogP contribution in [0, 0.1) is 6.92 Å². The van der Waals surface area contributed by atoms with E-state index < -0.39 is 16.0 Å². The number of nitrogens with one attached hydrogen (secondary N) is 1. The number of aryl methyl sites for hydroxylation is 2. The van der Waals surface area contributed by atoms with Gasteiger partial charge in [-0.25, -0.2) is 13.2 Å². The molecule has 24 heavy (non-hydrogen) atoms. The van der Waals surface area contributed by atoms with Gasteiger partial charge in [0, 0.05) is 5.69 Å². The van der Waals surface area contributed by atoms with Crippen LogP contribution in [0.3, 0.4) is 0 Å². The Morgan fingerprint density at radius 3 is 2.38 bits per heavy atom. The summed E-state index contributed by atoms with van der Waals surface area (Å²) in [6, 6.07) is 11.3. The van der Waals surface area contributed by atoms with E-state index in [0.717, 1.165) is 24.8 Å². The fourth-order valence-corrected chi connectivity index (χ4v) is 3.42. The summed E-state index contributed by atoms with van der Waals surface area (Å²) < 4.78 is 27.4. The molecule has 0 aliphatic rings. The Labute approximate surface area is 142 Å². The van der Waals surface area contributed by atoms with Crippen LogP contribution in [0.25, 0.3) is 0 Å². The fourth-order valence-electron chi connectivity index (χ4n) is 2.33. The van der Waals surface area contributed by atoms with Crippen LogP contribution < -0.4 is 4.72 Å². The van der Waals surface area contributed by atoms with Crippen molar-refractivity contribution in [1.29, 1.82) is 0 Å². The summed E-state index contributed by atoms with van der Waals surface area (Å²) in [5.74, 6) is -1.15. The molecule has 2 aromatic carbocycles. The van der Waals surface area contributed by atoms with Crippen molar-refractivity contribution in [3.05, 3.63) is 59.2 Å². The highest BCUT2D eigenvalue weighted by molar-refractivity contribution is 7.92. The zero-order valence-corrected chi connectivity index (χ0v) is 14.6. The molecule has 0 aliphatic heterocycles. The van der Waals surface area contributed by atoms with Crippen LogP contribution in [-0.4, -0.2) is 19.5 Å². The summed E-state index contributed by atoms with van der Waals surface area (Å²) in [6.45, 7) is 3.75. The van der Waals surface area contributed by atoms with Crippen LogP contribution in [0.4, 0.5) is 5.69 Å². The first-order chi connectivity index (χ1) is 11.3. The SMILES string of the molecule is CCCCc1ccc(NS(=O)(=O)c2ccc(C)c(C(=O)O)c2)cc1. The molecule has 0 spiro atoms. The second-order valence-electron chi connectivity index (χ2n) is 5.69. The van der Waals surface area contributed by atoms with E-state index in [-0.39, 0.29) is 10.5 Å². The molecule has 128 valence electrons. The Balaban J connectivity index is 2.22. The van der Waals surface area contributed by atoms with Crippen LogP contribution in [0.1, 0.15) is 41.3 Å². The average molecular weight is 347 g/mol. The molecule has 0 aliphatic carbocycles. The molecule has 6 heteroatoms. The summed E-state index contributed by atoms with van der Waals surface area (Å²) >= 11 is 0. The van der Waals surface area contributed by atoms with Gasteiger partial charge in [-0.1, -0.05) is 31.5 Å². The van der Waals surface area contributed by atoms with Crippen LogP contribution in [0.5, 0.6) is 0 Å². The van der Waals surface area contributed by atoms with Gasteiger partial charge in [0.2, 0.25) is 0 Å². The minimum absolute atomic E-state index is 0.0206. The van der Waals surface area contributed by atoms with Crippen molar-refractivity contribution in [1.82, 2.24) is 0 Å². The highest BCUT2D eigenvalue weighted by Gasteiger charge is 2.17. The molecule has 0 bridgehead atoms. The number of hydrogen-bond acceptors (Lipinski definition) is 3. The third kappa shape index (κ3) is 4.35. The molecule has 2 N–H and O–H groups in total. The lowest BCUT2D eigenvalue weighted by Crippen LogP contribution is -2.14. The van der Waals surface area contributed by atoms with Gasteiger partial charge in [-0.05, 0) is 55.2 Å². The third-order valence-corrected chi connectivity index (χ3v) is 5.15. The van der Waals surface area contributed by atoms with Crippen LogP contribution in [0.2, 0.25) is 0 Å². The predicted octanol–water partition coefficient (Wildman–Crippen LogP) is 3.84. The normalized spacial score (nSPS) is 11.2. The van der Waals surface area contributed by atoms with Gasteiger partial charge in [0.05, 0.1) is 10.5 Å². The topological polar surface area (TPSA) is 83.5 Å². The Morgan fingerprint density at radius 1 is 1.12 bits per heavy atom. The van der Waals surface area contributed by atoms with Gasteiger partial charge in [-0.15, -0.1) is 0 Å². The first-order valence-electron chi connectivity index (χ1n) is 7.79. The molecule has 5 nitrogen and oxygen atoms in total. The fraction of sp³-hybridized carbons (Fsp3) is 0.278. The standard InChI is InChI=1S/C18H21NO4S/c1-3-4-5-14-7-9-15(10-8-14)19-24(22,23)16-11-6-13(2)17(12-16)18(20)21/h6-12,19H,3-5H2,1-2H3,(H,20,21). The van der Waals surface area contributed by atoms with Crippen molar-refractivity contribution in [2.75, 3.05) is 4.72 Å². The molecule has 0 amide bonds. The average Bonchev–Trinajstić information content (AvgIpc) is 2.54. The smallest absolute Gasteiger partial charge is 0.335 e. The predicted molar refractivity (Wildman–Crippen MR) is 94.0 cm³/mol.